The van der Waals surface area contributed by atoms with Crippen molar-refractivity contribution in [2.75, 3.05) is 25.2 Å². The summed E-state index contributed by atoms with van der Waals surface area (Å²) in [5.41, 5.74) is 1.93. The molecule has 0 saturated carbocycles. The van der Waals surface area contributed by atoms with Crippen LogP contribution in [0.3, 0.4) is 0 Å². The van der Waals surface area contributed by atoms with Crippen molar-refractivity contribution in [3.05, 3.63) is 58.1 Å². The lowest BCUT2D eigenvalue weighted by atomic mass is 10.2. The number of rotatable bonds is 7. The minimum absolute atomic E-state index is 0.0718. The SMILES string of the molecule is O=[N+]([O-])c1ccc(NCCNC(=S)NCc2ccc3c(c2)OCO3)cc1. The molecular weight excluding hydrogens is 356 g/mol. The monoisotopic (exact) mass is 374 g/mol. The zero-order valence-electron chi connectivity index (χ0n) is 13.9. The lowest BCUT2D eigenvalue weighted by Gasteiger charge is -2.12. The maximum absolute atomic E-state index is 10.6. The number of nitrogens with one attached hydrogen (secondary N) is 3. The summed E-state index contributed by atoms with van der Waals surface area (Å²) < 4.78 is 10.6. The van der Waals surface area contributed by atoms with Crippen LogP contribution in [0, 0.1) is 10.1 Å². The first kappa shape index (κ1) is 17.7. The summed E-state index contributed by atoms with van der Waals surface area (Å²) in [5, 5.41) is 20.6. The summed E-state index contributed by atoms with van der Waals surface area (Å²) in [6, 6.07) is 12.0. The predicted molar refractivity (Wildman–Crippen MR) is 102 cm³/mol. The first-order chi connectivity index (χ1) is 12.6. The Kier molecular flexibility index (Phi) is 5.69. The van der Waals surface area contributed by atoms with Gasteiger partial charge < -0.3 is 25.4 Å². The van der Waals surface area contributed by atoms with Crippen LogP contribution < -0.4 is 25.4 Å². The van der Waals surface area contributed by atoms with Crippen LogP contribution in [0.15, 0.2) is 42.5 Å². The molecule has 136 valence electrons. The molecule has 0 aliphatic carbocycles. The molecule has 3 N–H and O–H groups in total. The number of hydrogen-bond acceptors (Lipinski definition) is 6. The van der Waals surface area contributed by atoms with E-state index >= 15 is 0 Å². The molecule has 9 heteroatoms. The van der Waals surface area contributed by atoms with Gasteiger partial charge in [0.25, 0.3) is 5.69 Å². The average Bonchev–Trinajstić information content (AvgIpc) is 3.11. The van der Waals surface area contributed by atoms with E-state index < -0.39 is 4.92 Å². The van der Waals surface area contributed by atoms with Gasteiger partial charge in [-0.25, -0.2) is 0 Å². The Hall–Kier alpha value is -3.07. The average molecular weight is 374 g/mol. The quantitative estimate of drug-likeness (QED) is 0.294. The van der Waals surface area contributed by atoms with Crippen LogP contribution in [0.4, 0.5) is 11.4 Å². The Balaban J connectivity index is 1.34. The molecule has 8 nitrogen and oxygen atoms in total. The first-order valence-corrected chi connectivity index (χ1v) is 8.41. The van der Waals surface area contributed by atoms with Crippen molar-refractivity contribution in [1.82, 2.24) is 10.6 Å². The van der Waals surface area contributed by atoms with E-state index in [0.717, 1.165) is 22.7 Å². The Morgan fingerprint density at radius 1 is 1.08 bits per heavy atom. The van der Waals surface area contributed by atoms with Crippen molar-refractivity contribution in [2.24, 2.45) is 0 Å². The fourth-order valence-electron chi connectivity index (χ4n) is 2.38. The van der Waals surface area contributed by atoms with Crippen molar-refractivity contribution >= 4 is 28.7 Å². The maximum atomic E-state index is 10.6. The summed E-state index contributed by atoms with van der Waals surface area (Å²) in [6.07, 6.45) is 0. The number of non-ortho nitro benzene ring substituents is 1. The number of ether oxygens (including phenoxy) is 2. The van der Waals surface area contributed by atoms with Crippen LogP contribution >= 0.6 is 12.2 Å². The van der Waals surface area contributed by atoms with Gasteiger partial charge in [0.05, 0.1) is 4.92 Å². The highest BCUT2D eigenvalue weighted by atomic mass is 32.1. The molecule has 0 spiro atoms. The van der Waals surface area contributed by atoms with Crippen LogP contribution in [0.2, 0.25) is 0 Å². The summed E-state index contributed by atoms with van der Waals surface area (Å²) >= 11 is 5.25. The second-order valence-corrected chi connectivity index (χ2v) is 5.94. The topological polar surface area (TPSA) is 97.7 Å². The van der Waals surface area contributed by atoms with Crippen LogP contribution in [0.1, 0.15) is 5.56 Å². The molecule has 2 aromatic rings. The normalized spacial score (nSPS) is 11.7. The molecule has 0 aromatic heterocycles. The molecule has 3 rings (SSSR count). The van der Waals surface area contributed by atoms with E-state index in [1.807, 2.05) is 18.2 Å². The zero-order valence-corrected chi connectivity index (χ0v) is 14.7. The van der Waals surface area contributed by atoms with E-state index in [1.54, 1.807) is 12.1 Å². The molecular formula is C17H18N4O4S. The third-order valence-corrected chi connectivity index (χ3v) is 4.00. The van der Waals surface area contributed by atoms with Crippen molar-refractivity contribution in [1.29, 1.82) is 0 Å². The smallest absolute Gasteiger partial charge is 0.269 e. The number of nitrogens with zero attached hydrogens (tertiary/aromatic N) is 1. The molecule has 0 atom stereocenters. The predicted octanol–water partition coefficient (Wildman–Crippen LogP) is 2.40. The lowest BCUT2D eigenvalue weighted by Crippen LogP contribution is -2.37. The molecule has 0 unspecified atom stereocenters. The fourth-order valence-corrected chi connectivity index (χ4v) is 2.55. The highest BCUT2D eigenvalue weighted by Crippen LogP contribution is 2.32. The van der Waals surface area contributed by atoms with Crippen LogP contribution in [-0.2, 0) is 6.54 Å². The second kappa shape index (κ2) is 8.34. The Morgan fingerprint density at radius 2 is 1.85 bits per heavy atom. The van der Waals surface area contributed by atoms with Crippen LogP contribution in [0.5, 0.6) is 11.5 Å². The lowest BCUT2D eigenvalue weighted by molar-refractivity contribution is -0.384. The fraction of sp³-hybridized carbons (Fsp3) is 0.235. The number of benzene rings is 2. The van der Waals surface area contributed by atoms with Gasteiger partial charge in [-0.05, 0) is 42.0 Å². The molecule has 2 aromatic carbocycles. The van der Waals surface area contributed by atoms with Gasteiger partial charge in [-0.3, -0.25) is 10.1 Å². The minimum Gasteiger partial charge on any atom is -0.454 e. The number of nitro groups is 1. The van der Waals surface area contributed by atoms with E-state index in [1.165, 1.54) is 12.1 Å². The number of fused-ring (bicyclic) bond motifs is 1. The van der Waals surface area contributed by atoms with Gasteiger partial charge in [0, 0.05) is 37.5 Å². The van der Waals surface area contributed by atoms with E-state index in [-0.39, 0.29) is 12.5 Å². The van der Waals surface area contributed by atoms with E-state index in [9.17, 15) is 10.1 Å². The van der Waals surface area contributed by atoms with E-state index in [4.69, 9.17) is 21.7 Å². The van der Waals surface area contributed by atoms with Gasteiger partial charge in [-0.15, -0.1) is 0 Å². The highest BCUT2D eigenvalue weighted by Gasteiger charge is 2.13. The first-order valence-electron chi connectivity index (χ1n) is 8.00. The number of hydrogen-bond donors (Lipinski definition) is 3. The van der Waals surface area contributed by atoms with Crippen molar-refractivity contribution in [3.63, 3.8) is 0 Å². The van der Waals surface area contributed by atoms with Gasteiger partial charge in [-0.1, -0.05) is 6.07 Å². The molecule has 1 heterocycles. The van der Waals surface area contributed by atoms with Gasteiger partial charge >= 0.3 is 0 Å². The summed E-state index contributed by atoms with van der Waals surface area (Å²) in [4.78, 5) is 10.2. The molecule has 0 radical (unpaired) electrons. The maximum Gasteiger partial charge on any atom is 0.269 e. The summed E-state index contributed by atoms with van der Waals surface area (Å²) in [7, 11) is 0. The standard InChI is InChI=1S/C17H18N4O4S/c22-21(23)14-4-2-13(3-5-14)18-7-8-19-17(26)20-10-12-1-6-15-16(9-12)25-11-24-15/h1-6,9,18H,7-8,10-11H2,(H2,19,20,26). The molecule has 0 fully saturated rings. The molecule has 0 saturated heterocycles. The van der Waals surface area contributed by atoms with E-state index in [0.29, 0.717) is 24.7 Å². The van der Waals surface area contributed by atoms with Gasteiger partial charge in [0.2, 0.25) is 6.79 Å². The molecule has 26 heavy (non-hydrogen) atoms. The van der Waals surface area contributed by atoms with Crippen molar-refractivity contribution in [3.8, 4) is 11.5 Å². The Bertz CT molecular complexity index is 798. The molecule has 1 aliphatic heterocycles. The number of nitro benzene ring substituents is 1. The second-order valence-electron chi connectivity index (χ2n) is 5.53. The van der Waals surface area contributed by atoms with Crippen LogP contribution in [0.25, 0.3) is 0 Å². The zero-order chi connectivity index (χ0) is 18.4. The van der Waals surface area contributed by atoms with E-state index in [2.05, 4.69) is 16.0 Å². The minimum atomic E-state index is -0.421. The van der Waals surface area contributed by atoms with Gasteiger partial charge in [0.1, 0.15) is 0 Å². The number of anilines is 1. The highest BCUT2D eigenvalue weighted by molar-refractivity contribution is 7.80. The number of thiocarbonyl (C=S) groups is 1. The van der Waals surface area contributed by atoms with Crippen LogP contribution in [-0.4, -0.2) is 29.9 Å². The van der Waals surface area contributed by atoms with Gasteiger partial charge in [0.15, 0.2) is 16.6 Å². The third-order valence-electron chi connectivity index (χ3n) is 3.71. The largest absolute Gasteiger partial charge is 0.454 e. The Labute approximate surface area is 155 Å². The summed E-state index contributed by atoms with van der Waals surface area (Å²) in [6.45, 7) is 2.08. The van der Waals surface area contributed by atoms with Crippen molar-refractivity contribution < 1.29 is 14.4 Å². The molecule has 1 aliphatic rings. The Morgan fingerprint density at radius 3 is 2.62 bits per heavy atom. The van der Waals surface area contributed by atoms with Crippen molar-refractivity contribution in [2.45, 2.75) is 6.54 Å². The van der Waals surface area contributed by atoms with Gasteiger partial charge in [-0.2, -0.15) is 0 Å². The molecule has 0 bridgehead atoms. The third kappa shape index (κ3) is 4.73. The summed E-state index contributed by atoms with van der Waals surface area (Å²) in [5.74, 6) is 1.50. The molecule has 0 amide bonds.